The highest BCUT2D eigenvalue weighted by Gasteiger charge is 2.07. The Labute approximate surface area is 158 Å². The number of imidazole rings is 1. The number of hydrogen-bond donors (Lipinski definition) is 0. The van der Waals surface area contributed by atoms with Crippen LogP contribution in [0.1, 0.15) is 16.8 Å². The second kappa shape index (κ2) is 8.12. The van der Waals surface area contributed by atoms with Crippen molar-refractivity contribution in [2.75, 3.05) is 7.11 Å². The van der Waals surface area contributed by atoms with Crippen LogP contribution in [-0.4, -0.2) is 21.6 Å². The highest BCUT2D eigenvalue weighted by Crippen LogP contribution is 2.21. The highest BCUT2D eigenvalue weighted by atomic mass is 16.5. The van der Waals surface area contributed by atoms with Crippen molar-refractivity contribution in [3.63, 3.8) is 0 Å². The molecule has 0 amide bonds. The fraction of sp³-hybridized carbons (Fsp3) is 0.182. The molecule has 0 aliphatic carbocycles. The zero-order valence-electron chi connectivity index (χ0n) is 15.2. The fourth-order valence-corrected chi connectivity index (χ4v) is 3.07. The summed E-state index contributed by atoms with van der Waals surface area (Å²) in [4.78, 5) is 8.81. The third-order valence-corrected chi connectivity index (χ3v) is 4.36. The van der Waals surface area contributed by atoms with E-state index in [1.807, 2.05) is 30.6 Å². The molecular weight excluding hydrogens is 338 g/mol. The van der Waals surface area contributed by atoms with E-state index < -0.39 is 0 Å². The predicted octanol–water partition coefficient (Wildman–Crippen LogP) is 4.28. The number of hydrogen-bond acceptors (Lipinski definition) is 4. The van der Waals surface area contributed by atoms with E-state index in [1.165, 1.54) is 0 Å². The SMILES string of the molecule is COCc1ccc2c(c1)ncn2-c1cccc(COCc2ccccn2)c1. The van der Waals surface area contributed by atoms with Crippen LogP contribution in [0.2, 0.25) is 0 Å². The van der Waals surface area contributed by atoms with Crippen molar-refractivity contribution in [2.45, 2.75) is 19.8 Å². The monoisotopic (exact) mass is 359 g/mol. The van der Waals surface area contributed by atoms with Crippen LogP contribution in [0, 0.1) is 0 Å². The lowest BCUT2D eigenvalue weighted by atomic mass is 10.2. The lowest BCUT2D eigenvalue weighted by Gasteiger charge is -2.08. The van der Waals surface area contributed by atoms with E-state index in [9.17, 15) is 0 Å². The van der Waals surface area contributed by atoms with Crippen LogP contribution >= 0.6 is 0 Å². The summed E-state index contributed by atoms with van der Waals surface area (Å²) < 4.78 is 13.1. The van der Waals surface area contributed by atoms with Gasteiger partial charge in [0.05, 0.1) is 36.5 Å². The van der Waals surface area contributed by atoms with Crippen molar-refractivity contribution < 1.29 is 9.47 Å². The Bertz CT molecular complexity index is 1030. The number of ether oxygens (including phenoxy) is 2. The summed E-state index contributed by atoms with van der Waals surface area (Å²) in [7, 11) is 1.70. The third-order valence-electron chi connectivity index (χ3n) is 4.36. The normalized spacial score (nSPS) is 11.1. The number of fused-ring (bicyclic) bond motifs is 1. The van der Waals surface area contributed by atoms with Gasteiger partial charge < -0.3 is 9.47 Å². The van der Waals surface area contributed by atoms with Gasteiger partial charge in [-0.2, -0.15) is 0 Å². The summed E-state index contributed by atoms with van der Waals surface area (Å²) in [5.74, 6) is 0. The van der Waals surface area contributed by atoms with Crippen molar-refractivity contribution >= 4 is 11.0 Å². The molecule has 0 N–H and O–H groups in total. The lowest BCUT2D eigenvalue weighted by molar-refractivity contribution is 0.104. The molecule has 4 aromatic rings. The van der Waals surface area contributed by atoms with Gasteiger partial charge in [0.2, 0.25) is 0 Å². The molecule has 5 nitrogen and oxygen atoms in total. The zero-order chi connectivity index (χ0) is 18.5. The zero-order valence-corrected chi connectivity index (χ0v) is 15.2. The van der Waals surface area contributed by atoms with Gasteiger partial charge in [0.1, 0.15) is 6.33 Å². The summed E-state index contributed by atoms with van der Waals surface area (Å²) in [6.45, 7) is 1.63. The van der Waals surface area contributed by atoms with Crippen LogP contribution in [-0.2, 0) is 29.3 Å². The number of methoxy groups -OCH3 is 1. The Morgan fingerprint density at radius 3 is 2.63 bits per heavy atom. The van der Waals surface area contributed by atoms with Crippen molar-refractivity contribution in [3.05, 3.63) is 90.0 Å². The van der Waals surface area contributed by atoms with Gasteiger partial charge in [-0.05, 0) is 47.5 Å². The Morgan fingerprint density at radius 2 is 1.78 bits per heavy atom. The Balaban J connectivity index is 1.51. The van der Waals surface area contributed by atoms with Crippen molar-refractivity contribution in [2.24, 2.45) is 0 Å². The fourth-order valence-electron chi connectivity index (χ4n) is 3.07. The Hall–Kier alpha value is -3.02. The van der Waals surface area contributed by atoms with Crippen molar-refractivity contribution in [1.82, 2.24) is 14.5 Å². The molecule has 4 rings (SSSR count). The maximum Gasteiger partial charge on any atom is 0.100 e. The Morgan fingerprint density at radius 1 is 0.852 bits per heavy atom. The molecule has 0 aliphatic heterocycles. The molecule has 0 aliphatic rings. The number of rotatable bonds is 7. The summed E-state index contributed by atoms with van der Waals surface area (Å²) in [6, 6.07) is 20.4. The molecule has 0 radical (unpaired) electrons. The smallest absolute Gasteiger partial charge is 0.100 e. The lowest BCUT2D eigenvalue weighted by Crippen LogP contribution is -1.98. The molecule has 2 aromatic heterocycles. The topological polar surface area (TPSA) is 49.2 Å². The van der Waals surface area contributed by atoms with Crippen LogP contribution in [0.25, 0.3) is 16.7 Å². The molecule has 136 valence electrons. The molecule has 2 heterocycles. The first kappa shape index (κ1) is 17.4. The van der Waals surface area contributed by atoms with Crippen LogP contribution in [0.15, 0.2) is 73.2 Å². The van der Waals surface area contributed by atoms with Gasteiger partial charge in [0.25, 0.3) is 0 Å². The Kier molecular flexibility index (Phi) is 5.23. The number of aromatic nitrogens is 3. The van der Waals surface area contributed by atoms with E-state index in [0.29, 0.717) is 19.8 Å². The van der Waals surface area contributed by atoms with E-state index in [-0.39, 0.29) is 0 Å². The molecule has 5 heteroatoms. The third kappa shape index (κ3) is 4.05. The first-order chi connectivity index (χ1) is 13.3. The van der Waals surface area contributed by atoms with E-state index >= 15 is 0 Å². The number of nitrogens with zero attached hydrogens (tertiary/aromatic N) is 3. The molecule has 0 atom stereocenters. The summed E-state index contributed by atoms with van der Waals surface area (Å²) in [6.07, 6.45) is 3.64. The molecule has 0 saturated carbocycles. The molecule has 0 saturated heterocycles. The van der Waals surface area contributed by atoms with E-state index in [2.05, 4.69) is 50.9 Å². The van der Waals surface area contributed by atoms with Gasteiger partial charge in [-0.1, -0.05) is 24.3 Å². The predicted molar refractivity (Wildman–Crippen MR) is 105 cm³/mol. The summed E-state index contributed by atoms with van der Waals surface area (Å²) in [5.41, 5.74) is 6.26. The van der Waals surface area contributed by atoms with Crippen molar-refractivity contribution in [1.29, 1.82) is 0 Å². The van der Waals surface area contributed by atoms with Crippen LogP contribution in [0.5, 0.6) is 0 Å². The van der Waals surface area contributed by atoms with Gasteiger partial charge in [0, 0.05) is 19.0 Å². The van der Waals surface area contributed by atoms with E-state index in [0.717, 1.165) is 33.5 Å². The minimum Gasteiger partial charge on any atom is -0.380 e. The standard InChI is InChI=1S/C22H21N3O2/c1-26-13-18-8-9-22-21(12-18)24-16-25(22)20-7-4-5-17(11-20)14-27-15-19-6-2-3-10-23-19/h2-12,16H,13-15H2,1H3. The average Bonchev–Trinajstić information content (AvgIpc) is 3.13. The van der Waals surface area contributed by atoms with Crippen LogP contribution in [0.3, 0.4) is 0 Å². The summed E-state index contributed by atoms with van der Waals surface area (Å²) >= 11 is 0. The molecule has 0 fully saturated rings. The maximum absolute atomic E-state index is 5.81. The molecule has 2 aromatic carbocycles. The molecular formula is C22H21N3O2. The second-order valence-electron chi connectivity index (χ2n) is 6.35. The molecule has 0 bridgehead atoms. The van der Waals surface area contributed by atoms with Gasteiger partial charge in [0.15, 0.2) is 0 Å². The highest BCUT2D eigenvalue weighted by molar-refractivity contribution is 5.78. The number of benzene rings is 2. The summed E-state index contributed by atoms with van der Waals surface area (Å²) in [5, 5.41) is 0. The van der Waals surface area contributed by atoms with Crippen LogP contribution in [0.4, 0.5) is 0 Å². The average molecular weight is 359 g/mol. The van der Waals surface area contributed by atoms with Gasteiger partial charge in [-0.25, -0.2) is 4.98 Å². The maximum atomic E-state index is 5.81. The second-order valence-corrected chi connectivity index (χ2v) is 6.35. The van der Waals surface area contributed by atoms with Gasteiger partial charge >= 0.3 is 0 Å². The minimum absolute atomic E-state index is 0.501. The molecule has 0 spiro atoms. The van der Waals surface area contributed by atoms with Crippen molar-refractivity contribution in [3.8, 4) is 5.69 Å². The largest absolute Gasteiger partial charge is 0.380 e. The van der Waals surface area contributed by atoms with Gasteiger partial charge in [-0.15, -0.1) is 0 Å². The molecule has 27 heavy (non-hydrogen) atoms. The van der Waals surface area contributed by atoms with E-state index in [4.69, 9.17) is 9.47 Å². The van der Waals surface area contributed by atoms with Gasteiger partial charge in [-0.3, -0.25) is 9.55 Å². The van der Waals surface area contributed by atoms with Crippen LogP contribution < -0.4 is 0 Å². The quantitative estimate of drug-likeness (QED) is 0.494. The molecule has 0 unspecified atom stereocenters. The van der Waals surface area contributed by atoms with E-state index in [1.54, 1.807) is 13.3 Å². The minimum atomic E-state index is 0.501. The first-order valence-electron chi connectivity index (χ1n) is 8.85. The number of pyridine rings is 1. The first-order valence-corrected chi connectivity index (χ1v) is 8.85.